The van der Waals surface area contributed by atoms with Gasteiger partial charge < -0.3 is 14.4 Å². The minimum absolute atomic E-state index is 0.711. The van der Waals surface area contributed by atoms with E-state index in [9.17, 15) is 5.26 Å². The van der Waals surface area contributed by atoms with E-state index in [4.69, 9.17) is 9.47 Å². The largest absolute Gasteiger partial charge is 0.497 e. The Kier molecular flexibility index (Phi) is 6.75. The predicted octanol–water partition coefficient (Wildman–Crippen LogP) is 7.91. The number of benzene rings is 4. The Labute approximate surface area is 231 Å². The molecule has 0 spiro atoms. The molecule has 4 aromatic rings. The molecular formula is C35H34N2O2. The van der Waals surface area contributed by atoms with Crippen molar-refractivity contribution in [3.63, 3.8) is 0 Å². The second kappa shape index (κ2) is 10.5. The summed E-state index contributed by atoms with van der Waals surface area (Å²) in [6, 6.07) is 27.9. The molecule has 4 aromatic carbocycles. The fourth-order valence-electron chi connectivity index (χ4n) is 6.35. The Morgan fingerprint density at radius 2 is 1.33 bits per heavy atom. The Morgan fingerprint density at radius 1 is 0.744 bits per heavy atom. The van der Waals surface area contributed by atoms with Crippen molar-refractivity contribution >= 4 is 5.69 Å². The maximum absolute atomic E-state index is 10.9. The highest BCUT2D eigenvalue weighted by molar-refractivity contribution is 6.03. The second-order valence-electron chi connectivity index (χ2n) is 10.7. The quantitative estimate of drug-likeness (QED) is 0.271. The van der Waals surface area contributed by atoms with Gasteiger partial charge in [0.05, 0.1) is 25.5 Å². The molecule has 0 unspecified atom stereocenters. The molecule has 2 aliphatic rings. The molecule has 196 valence electrons. The molecule has 1 saturated heterocycles. The number of hydrogen-bond donors (Lipinski definition) is 0. The summed E-state index contributed by atoms with van der Waals surface area (Å²) in [6.45, 7) is 4.30. The van der Waals surface area contributed by atoms with Crippen LogP contribution in [0.1, 0.15) is 36.5 Å². The molecule has 6 rings (SSSR count). The minimum Gasteiger partial charge on any atom is -0.497 e. The molecule has 1 fully saturated rings. The summed E-state index contributed by atoms with van der Waals surface area (Å²) in [6.07, 6.45) is 4.20. The lowest BCUT2D eigenvalue weighted by molar-refractivity contribution is 0.414. The molecule has 0 radical (unpaired) electrons. The zero-order valence-electron chi connectivity index (χ0n) is 23.0. The Hall–Kier alpha value is -4.23. The highest BCUT2D eigenvalue weighted by atomic mass is 16.5. The molecule has 0 bridgehead atoms. The normalized spacial score (nSPS) is 14.8. The number of aryl methyl sites for hydroxylation is 1. The third-order valence-electron chi connectivity index (χ3n) is 8.47. The lowest BCUT2D eigenvalue weighted by atomic mass is 9.75. The number of hydrogen-bond acceptors (Lipinski definition) is 4. The van der Waals surface area contributed by atoms with Crippen molar-refractivity contribution in [1.29, 1.82) is 5.26 Å². The Bertz CT molecular complexity index is 1540. The molecule has 39 heavy (non-hydrogen) atoms. The van der Waals surface area contributed by atoms with Crippen molar-refractivity contribution in [2.45, 2.75) is 32.6 Å². The van der Waals surface area contributed by atoms with Gasteiger partial charge in [-0.3, -0.25) is 0 Å². The van der Waals surface area contributed by atoms with Crippen molar-refractivity contribution in [3.05, 3.63) is 89.5 Å². The van der Waals surface area contributed by atoms with Crippen LogP contribution in [-0.2, 0) is 12.8 Å². The predicted molar refractivity (Wildman–Crippen MR) is 159 cm³/mol. The standard InChI is InChI=1S/C35H34N2O2/c1-23-18-20-37(21-19-23)35-30-17-12-24-6-4-5-7-29(24)34(30)33(26-10-15-28(39-3)16-11-26)32(31(35)22-36)25-8-13-27(38-2)14-9-25/h4-11,13-16,23H,12,17-21H2,1-3H3. The van der Waals surface area contributed by atoms with Crippen LogP contribution in [0.25, 0.3) is 33.4 Å². The van der Waals surface area contributed by atoms with Gasteiger partial charge in [0.2, 0.25) is 0 Å². The van der Waals surface area contributed by atoms with Crippen LogP contribution < -0.4 is 14.4 Å². The minimum atomic E-state index is 0.711. The van der Waals surface area contributed by atoms with Gasteiger partial charge in [0.25, 0.3) is 0 Å². The van der Waals surface area contributed by atoms with E-state index in [0.29, 0.717) is 5.92 Å². The maximum atomic E-state index is 10.9. The average Bonchev–Trinajstić information content (AvgIpc) is 3.00. The molecule has 4 nitrogen and oxygen atoms in total. The first-order chi connectivity index (χ1) is 19.1. The Balaban J connectivity index is 1.74. The SMILES string of the molecule is COc1ccc(-c2c(C#N)c(N3CCC(C)CC3)c3c(c2-c2ccc(OC)cc2)-c2ccccc2CC3)cc1. The van der Waals surface area contributed by atoms with Crippen LogP contribution in [-0.4, -0.2) is 27.3 Å². The van der Waals surface area contributed by atoms with Crippen LogP contribution in [0.3, 0.4) is 0 Å². The second-order valence-corrected chi connectivity index (χ2v) is 10.7. The maximum Gasteiger partial charge on any atom is 0.118 e. The molecule has 4 heteroatoms. The van der Waals surface area contributed by atoms with Crippen LogP contribution >= 0.6 is 0 Å². The van der Waals surface area contributed by atoms with Crippen LogP contribution in [0.2, 0.25) is 0 Å². The number of anilines is 1. The molecule has 1 heterocycles. The molecule has 0 atom stereocenters. The van der Waals surface area contributed by atoms with Gasteiger partial charge in [-0.05, 0) is 94.8 Å². The number of fused-ring (bicyclic) bond motifs is 3. The number of piperidine rings is 1. The summed E-state index contributed by atoms with van der Waals surface area (Å²) in [5, 5.41) is 10.9. The summed E-state index contributed by atoms with van der Waals surface area (Å²) in [5.41, 5.74) is 11.4. The van der Waals surface area contributed by atoms with Gasteiger partial charge in [-0.25, -0.2) is 0 Å². The molecule has 1 aliphatic heterocycles. The van der Waals surface area contributed by atoms with Crippen molar-refractivity contribution in [3.8, 4) is 50.9 Å². The fourth-order valence-corrected chi connectivity index (χ4v) is 6.35. The molecule has 0 amide bonds. The van der Waals surface area contributed by atoms with Gasteiger partial charge in [0, 0.05) is 18.7 Å². The molecule has 0 saturated carbocycles. The van der Waals surface area contributed by atoms with E-state index in [1.54, 1.807) is 14.2 Å². The van der Waals surface area contributed by atoms with Crippen LogP contribution in [0.5, 0.6) is 11.5 Å². The molecular weight excluding hydrogens is 480 g/mol. The number of nitrogens with zero attached hydrogens (tertiary/aromatic N) is 2. The first-order valence-electron chi connectivity index (χ1n) is 13.9. The van der Waals surface area contributed by atoms with E-state index < -0.39 is 0 Å². The highest BCUT2D eigenvalue weighted by Gasteiger charge is 2.32. The summed E-state index contributed by atoms with van der Waals surface area (Å²) in [7, 11) is 3.38. The average molecular weight is 515 g/mol. The molecule has 1 aliphatic carbocycles. The summed E-state index contributed by atoms with van der Waals surface area (Å²) >= 11 is 0. The lowest BCUT2D eigenvalue weighted by Gasteiger charge is -2.38. The highest BCUT2D eigenvalue weighted by Crippen LogP contribution is 2.52. The number of ether oxygens (including phenoxy) is 2. The van der Waals surface area contributed by atoms with Gasteiger partial charge in [0.1, 0.15) is 17.6 Å². The first-order valence-corrected chi connectivity index (χ1v) is 13.9. The zero-order valence-corrected chi connectivity index (χ0v) is 23.0. The Morgan fingerprint density at radius 3 is 1.92 bits per heavy atom. The van der Waals surface area contributed by atoms with Crippen LogP contribution in [0, 0.1) is 17.2 Å². The van der Waals surface area contributed by atoms with Gasteiger partial charge in [-0.2, -0.15) is 5.26 Å². The summed E-state index contributed by atoms with van der Waals surface area (Å²) in [5.74, 6) is 2.33. The van der Waals surface area contributed by atoms with Gasteiger partial charge in [0.15, 0.2) is 0 Å². The topological polar surface area (TPSA) is 45.5 Å². The molecule has 0 aromatic heterocycles. The lowest BCUT2D eigenvalue weighted by Crippen LogP contribution is -2.34. The first kappa shape index (κ1) is 25.1. The van der Waals surface area contributed by atoms with Gasteiger partial charge >= 0.3 is 0 Å². The monoisotopic (exact) mass is 514 g/mol. The van der Waals surface area contributed by atoms with Gasteiger partial charge in [-0.1, -0.05) is 55.5 Å². The van der Waals surface area contributed by atoms with E-state index in [1.807, 2.05) is 24.3 Å². The smallest absolute Gasteiger partial charge is 0.118 e. The zero-order chi connectivity index (χ0) is 26.9. The van der Waals surface area contributed by atoms with Crippen molar-refractivity contribution in [2.24, 2.45) is 5.92 Å². The number of methoxy groups -OCH3 is 2. The third-order valence-corrected chi connectivity index (χ3v) is 8.47. The van der Waals surface area contributed by atoms with Crippen molar-refractivity contribution in [1.82, 2.24) is 0 Å². The van der Waals surface area contributed by atoms with Crippen LogP contribution in [0.4, 0.5) is 5.69 Å². The van der Waals surface area contributed by atoms with E-state index in [2.05, 4.69) is 66.4 Å². The van der Waals surface area contributed by atoms with E-state index >= 15 is 0 Å². The van der Waals surface area contributed by atoms with E-state index in [0.717, 1.165) is 83.8 Å². The molecule has 0 N–H and O–H groups in total. The summed E-state index contributed by atoms with van der Waals surface area (Å²) in [4.78, 5) is 2.50. The number of rotatable bonds is 5. The van der Waals surface area contributed by atoms with Crippen molar-refractivity contribution < 1.29 is 9.47 Å². The van der Waals surface area contributed by atoms with Crippen LogP contribution in [0.15, 0.2) is 72.8 Å². The number of nitriles is 1. The van der Waals surface area contributed by atoms with Crippen molar-refractivity contribution in [2.75, 3.05) is 32.2 Å². The van der Waals surface area contributed by atoms with E-state index in [-0.39, 0.29) is 0 Å². The fraction of sp³-hybridized carbons (Fsp3) is 0.286. The van der Waals surface area contributed by atoms with E-state index in [1.165, 1.54) is 22.3 Å². The third kappa shape index (κ3) is 4.42. The summed E-state index contributed by atoms with van der Waals surface area (Å²) < 4.78 is 11.0. The van der Waals surface area contributed by atoms with Gasteiger partial charge in [-0.15, -0.1) is 0 Å².